The molecule has 1 aliphatic carbocycles. The van der Waals surface area contributed by atoms with Crippen LogP contribution in [0.2, 0.25) is 0 Å². The summed E-state index contributed by atoms with van der Waals surface area (Å²) in [5, 5.41) is 22.3. The minimum absolute atomic E-state index is 0.0324. The molecule has 1 aliphatic rings. The highest BCUT2D eigenvalue weighted by molar-refractivity contribution is 5.93. The van der Waals surface area contributed by atoms with Crippen LogP contribution in [0.25, 0.3) is 0 Å². The Hall–Kier alpha value is -1.89. The van der Waals surface area contributed by atoms with Gasteiger partial charge in [-0.15, -0.1) is 0 Å². The van der Waals surface area contributed by atoms with Crippen molar-refractivity contribution in [3.63, 3.8) is 0 Å². The second-order valence-corrected chi connectivity index (χ2v) is 5.37. The number of hydrogen-bond donors (Lipinski definition) is 2. The Morgan fingerprint density at radius 2 is 2.10 bits per heavy atom. The second kappa shape index (κ2) is 7.21. The van der Waals surface area contributed by atoms with Crippen LogP contribution in [-0.2, 0) is 0 Å². The smallest absolute Gasteiger partial charge is 0.287 e. The first kappa shape index (κ1) is 15.5. The number of unbranched alkanes of at least 4 members (excludes halogenated alkanes) is 3. The third-order valence-electron chi connectivity index (χ3n) is 3.59. The van der Waals surface area contributed by atoms with Crippen LogP contribution >= 0.6 is 0 Å². The van der Waals surface area contributed by atoms with E-state index in [2.05, 4.69) is 5.32 Å². The van der Waals surface area contributed by atoms with Crippen LogP contribution in [0.5, 0.6) is 0 Å². The van der Waals surface area contributed by atoms with E-state index in [0.29, 0.717) is 12.2 Å². The fourth-order valence-corrected chi connectivity index (χ4v) is 2.28. The number of nitrogens with one attached hydrogen (secondary N) is 1. The number of hydrogen-bond acceptors (Lipinski definition) is 4. The Labute approximate surface area is 123 Å². The van der Waals surface area contributed by atoms with E-state index in [0.717, 1.165) is 38.5 Å². The molecule has 0 atom stereocenters. The molecule has 1 heterocycles. The van der Waals surface area contributed by atoms with Gasteiger partial charge in [-0.2, -0.15) is 0 Å². The van der Waals surface area contributed by atoms with Crippen LogP contribution in [0.1, 0.15) is 55.1 Å². The molecule has 1 amide bonds. The summed E-state index contributed by atoms with van der Waals surface area (Å²) in [5.74, 6) is -0.253. The molecule has 0 bridgehead atoms. The maximum atomic E-state index is 12.1. The molecule has 1 aromatic rings. The maximum Gasteiger partial charge on any atom is 0.287 e. The lowest BCUT2D eigenvalue weighted by molar-refractivity contribution is -0.384. The van der Waals surface area contributed by atoms with E-state index < -0.39 is 4.92 Å². The van der Waals surface area contributed by atoms with Crippen LogP contribution in [-0.4, -0.2) is 33.7 Å². The van der Waals surface area contributed by atoms with Gasteiger partial charge in [0.2, 0.25) is 0 Å². The molecule has 1 aromatic heterocycles. The average Bonchev–Trinajstić information content (AvgIpc) is 3.20. The number of rotatable bonds is 9. The van der Waals surface area contributed by atoms with Crippen molar-refractivity contribution in [3.8, 4) is 0 Å². The first-order chi connectivity index (χ1) is 10.1. The number of nitrogens with zero attached hydrogens (tertiary/aromatic N) is 2. The quantitative estimate of drug-likeness (QED) is 0.413. The molecule has 0 spiro atoms. The largest absolute Gasteiger partial charge is 0.396 e. The maximum absolute atomic E-state index is 12.1. The summed E-state index contributed by atoms with van der Waals surface area (Å²) in [5.41, 5.74) is 0.342. The van der Waals surface area contributed by atoms with Gasteiger partial charge in [0.05, 0.1) is 11.1 Å². The molecule has 0 aromatic carbocycles. The van der Waals surface area contributed by atoms with Crippen LogP contribution in [0.4, 0.5) is 5.69 Å². The summed E-state index contributed by atoms with van der Waals surface area (Å²) in [6.45, 7) is 0.749. The van der Waals surface area contributed by atoms with E-state index in [1.807, 2.05) is 0 Å². The Morgan fingerprint density at radius 1 is 1.38 bits per heavy atom. The highest BCUT2D eigenvalue weighted by atomic mass is 16.6. The summed E-state index contributed by atoms with van der Waals surface area (Å²) in [7, 11) is 0. The molecule has 21 heavy (non-hydrogen) atoms. The third-order valence-corrected chi connectivity index (χ3v) is 3.59. The van der Waals surface area contributed by atoms with Gasteiger partial charge in [-0.05, 0) is 25.7 Å². The predicted molar refractivity (Wildman–Crippen MR) is 77.2 cm³/mol. The zero-order valence-corrected chi connectivity index (χ0v) is 12.0. The lowest BCUT2D eigenvalue weighted by Gasteiger charge is -2.08. The summed E-state index contributed by atoms with van der Waals surface area (Å²) in [4.78, 5) is 22.5. The predicted octanol–water partition coefficient (Wildman–Crippen LogP) is 2.01. The molecule has 116 valence electrons. The number of nitro groups is 1. The van der Waals surface area contributed by atoms with Gasteiger partial charge in [-0.25, -0.2) is 0 Å². The topological polar surface area (TPSA) is 97.4 Å². The molecule has 2 N–H and O–H groups in total. The van der Waals surface area contributed by atoms with Crippen molar-refractivity contribution in [2.75, 3.05) is 13.2 Å². The highest BCUT2D eigenvalue weighted by Crippen LogP contribution is 2.37. The number of aliphatic hydroxyl groups excluding tert-OH is 1. The SMILES string of the molecule is O=C(NCCCCCCO)c1cc([N+](=O)[O-])cn1C1CC1. The van der Waals surface area contributed by atoms with Crippen molar-refractivity contribution in [2.24, 2.45) is 0 Å². The van der Waals surface area contributed by atoms with Crippen molar-refractivity contribution >= 4 is 11.6 Å². The standard InChI is InChI=1S/C14H21N3O4/c18-8-4-2-1-3-7-15-14(19)13-9-12(17(20)21)10-16(13)11-5-6-11/h9-11,18H,1-8H2,(H,15,19). The number of carbonyl (C=O) groups is 1. The van der Waals surface area contributed by atoms with E-state index in [1.165, 1.54) is 12.3 Å². The first-order valence-electron chi connectivity index (χ1n) is 7.39. The summed E-state index contributed by atoms with van der Waals surface area (Å²) in [6.07, 6.45) is 6.90. The van der Waals surface area contributed by atoms with Gasteiger partial charge in [0.15, 0.2) is 0 Å². The van der Waals surface area contributed by atoms with Gasteiger partial charge in [0.25, 0.3) is 11.6 Å². The minimum Gasteiger partial charge on any atom is -0.396 e. The molecule has 1 fully saturated rings. The van der Waals surface area contributed by atoms with E-state index in [9.17, 15) is 14.9 Å². The monoisotopic (exact) mass is 295 g/mol. The van der Waals surface area contributed by atoms with Crippen molar-refractivity contribution < 1.29 is 14.8 Å². The lowest BCUT2D eigenvalue weighted by Crippen LogP contribution is -2.26. The first-order valence-corrected chi connectivity index (χ1v) is 7.39. The number of amides is 1. The average molecular weight is 295 g/mol. The molecule has 0 radical (unpaired) electrons. The Kier molecular flexibility index (Phi) is 5.32. The van der Waals surface area contributed by atoms with E-state index in [4.69, 9.17) is 5.11 Å². The van der Waals surface area contributed by atoms with E-state index in [1.54, 1.807) is 4.57 Å². The fraction of sp³-hybridized carbons (Fsp3) is 0.643. The molecule has 2 rings (SSSR count). The second-order valence-electron chi connectivity index (χ2n) is 5.37. The van der Waals surface area contributed by atoms with Crippen molar-refractivity contribution in [1.29, 1.82) is 0 Å². The molecule has 0 aliphatic heterocycles. The zero-order valence-electron chi connectivity index (χ0n) is 12.0. The Bertz CT molecular complexity index is 508. The lowest BCUT2D eigenvalue weighted by atomic mass is 10.2. The molecule has 7 heteroatoms. The molecule has 0 unspecified atom stereocenters. The van der Waals surface area contributed by atoms with Crippen LogP contribution in [0, 0.1) is 10.1 Å². The van der Waals surface area contributed by atoms with E-state index in [-0.39, 0.29) is 24.2 Å². The minimum atomic E-state index is -0.468. The van der Waals surface area contributed by atoms with Gasteiger partial charge in [0.1, 0.15) is 5.69 Å². The highest BCUT2D eigenvalue weighted by Gasteiger charge is 2.30. The normalized spacial score (nSPS) is 14.1. The van der Waals surface area contributed by atoms with Gasteiger partial charge < -0.3 is 15.0 Å². The van der Waals surface area contributed by atoms with Gasteiger partial charge in [0, 0.05) is 25.3 Å². The van der Waals surface area contributed by atoms with Crippen LogP contribution in [0.15, 0.2) is 12.3 Å². The van der Waals surface area contributed by atoms with Crippen LogP contribution in [0.3, 0.4) is 0 Å². The van der Waals surface area contributed by atoms with Crippen LogP contribution < -0.4 is 5.32 Å². The number of aliphatic hydroxyl groups is 1. The van der Waals surface area contributed by atoms with Gasteiger partial charge in [-0.1, -0.05) is 12.8 Å². The molecule has 0 saturated heterocycles. The summed E-state index contributed by atoms with van der Waals surface area (Å²) < 4.78 is 1.72. The van der Waals surface area contributed by atoms with Crippen molar-refractivity contribution in [1.82, 2.24) is 9.88 Å². The molecular weight excluding hydrogens is 274 g/mol. The number of aromatic nitrogens is 1. The van der Waals surface area contributed by atoms with Crippen molar-refractivity contribution in [2.45, 2.75) is 44.6 Å². The third kappa shape index (κ3) is 4.29. The van der Waals surface area contributed by atoms with Gasteiger partial charge >= 0.3 is 0 Å². The molecule has 7 nitrogen and oxygen atoms in total. The van der Waals surface area contributed by atoms with Crippen molar-refractivity contribution in [3.05, 3.63) is 28.1 Å². The van der Waals surface area contributed by atoms with Gasteiger partial charge in [-0.3, -0.25) is 14.9 Å². The number of carbonyl (C=O) groups excluding carboxylic acids is 1. The van der Waals surface area contributed by atoms with E-state index >= 15 is 0 Å². The summed E-state index contributed by atoms with van der Waals surface area (Å²) >= 11 is 0. The zero-order chi connectivity index (χ0) is 15.2. The fourth-order valence-electron chi connectivity index (χ4n) is 2.28. The Balaban J connectivity index is 1.88. The molecular formula is C14H21N3O4. The summed E-state index contributed by atoms with van der Waals surface area (Å²) in [6, 6.07) is 1.57. The Morgan fingerprint density at radius 3 is 2.71 bits per heavy atom. The molecule has 1 saturated carbocycles.